The van der Waals surface area contributed by atoms with Crippen LogP contribution in [-0.2, 0) is 4.79 Å². The summed E-state index contributed by atoms with van der Waals surface area (Å²) >= 11 is 0. The van der Waals surface area contributed by atoms with Crippen molar-refractivity contribution >= 4 is 5.91 Å². The zero-order chi connectivity index (χ0) is 11.0. The predicted molar refractivity (Wildman–Crippen MR) is 63.1 cm³/mol. The summed E-state index contributed by atoms with van der Waals surface area (Å²) in [7, 11) is 0. The lowest BCUT2D eigenvalue weighted by atomic mass is 10.0. The summed E-state index contributed by atoms with van der Waals surface area (Å²) in [5, 5.41) is 3.05. The molecule has 2 aliphatic carbocycles. The number of allylic oxidation sites excluding steroid dienone is 1. The Bertz CT molecular complexity index is 315. The molecule has 16 heavy (non-hydrogen) atoms. The van der Waals surface area contributed by atoms with Gasteiger partial charge in [-0.3, -0.25) is 9.69 Å². The third-order valence-electron chi connectivity index (χ3n) is 3.77. The van der Waals surface area contributed by atoms with E-state index in [4.69, 9.17) is 0 Å². The van der Waals surface area contributed by atoms with Crippen molar-refractivity contribution < 1.29 is 4.79 Å². The minimum atomic E-state index is 0.227. The minimum absolute atomic E-state index is 0.227. The summed E-state index contributed by atoms with van der Waals surface area (Å²) in [4.78, 5) is 13.9. The Hall–Kier alpha value is -0.830. The van der Waals surface area contributed by atoms with Gasteiger partial charge >= 0.3 is 0 Å². The molecule has 0 aromatic rings. The van der Waals surface area contributed by atoms with Crippen LogP contribution in [0.4, 0.5) is 0 Å². The molecular weight excluding hydrogens is 200 g/mol. The predicted octanol–water partition coefficient (Wildman–Crippen LogP) is 1.45. The van der Waals surface area contributed by atoms with Crippen LogP contribution >= 0.6 is 0 Å². The van der Waals surface area contributed by atoms with Crippen molar-refractivity contribution in [1.29, 1.82) is 0 Å². The van der Waals surface area contributed by atoms with E-state index >= 15 is 0 Å². The van der Waals surface area contributed by atoms with E-state index in [1.807, 2.05) is 0 Å². The standard InChI is InChI=1S/C13H20N2O/c16-13(14-12-3-4-12)9-15-7-5-11(6-8-15)10-1-2-10/h12H,1-9H2,(H,14,16). The van der Waals surface area contributed by atoms with Crippen LogP contribution < -0.4 is 5.32 Å². The molecule has 3 nitrogen and oxygen atoms in total. The van der Waals surface area contributed by atoms with E-state index in [0.29, 0.717) is 12.6 Å². The molecule has 3 rings (SSSR count). The Balaban J connectivity index is 1.42. The molecule has 3 heteroatoms. The highest BCUT2D eigenvalue weighted by molar-refractivity contribution is 5.78. The summed E-state index contributed by atoms with van der Waals surface area (Å²) in [5.74, 6) is 0.227. The lowest BCUT2D eigenvalue weighted by Gasteiger charge is -2.27. The highest BCUT2D eigenvalue weighted by Crippen LogP contribution is 2.35. The molecule has 3 aliphatic rings. The quantitative estimate of drug-likeness (QED) is 0.730. The SMILES string of the molecule is O=C(CN1CCC(=C2CC2)CC1)NC1CC1. The van der Waals surface area contributed by atoms with E-state index in [1.165, 1.54) is 38.5 Å². The normalized spacial score (nSPS) is 25.8. The summed E-state index contributed by atoms with van der Waals surface area (Å²) in [6, 6.07) is 0.501. The Morgan fingerprint density at radius 3 is 2.31 bits per heavy atom. The maximum absolute atomic E-state index is 11.6. The van der Waals surface area contributed by atoms with Gasteiger partial charge in [-0.1, -0.05) is 11.1 Å². The molecule has 1 N–H and O–H groups in total. The molecule has 0 spiro atoms. The number of hydrogen-bond acceptors (Lipinski definition) is 2. The Labute approximate surface area is 96.9 Å². The summed E-state index contributed by atoms with van der Waals surface area (Å²) in [6.45, 7) is 2.77. The topological polar surface area (TPSA) is 32.3 Å². The highest BCUT2D eigenvalue weighted by Gasteiger charge is 2.26. The van der Waals surface area contributed by atoms with Crippen LogP contribution in [0.5, 0.6) is 0 Å². The van der Waals surface area contributed by atoms with E-state index in [0.717, 1.165) is 13.1 Å². The van der Waals surface area contributed by atoms with Crippen LogP contribution in [0.3, 0.4) is 0 Å². The summed E-state index contributed by atoms with van der Waals surface area (Å²) < 4.78 is 0. The molecule has 1 heterocycles. The molecule has 3 fully saturated rings. The van der Waals surface area contributed by atoms with Crippen molar-refractivity contribution in [1.82, 2.24) is 10.2 Å². The molecule has 0 aromatic heterocycles. The van der Waals surface area contributed by atoms with Crippen molar-refractivity contribution in [2.45, 2.75) is 44.6 Å². The van der Waals surface area contributed by atoms with Crippen LogP contribution in [0, 0.1) is 0 Å². The lowest BCUT2D eigenvalue weighted by Crippen LogP contribution is -2.40. The monoisotopic (exact) mass is 220 g/mol. The van der Waals surface area contributed by atoms with E-state index in [1.54, 1.807) is 11.1 Å². The van der Waals surface area contributed by atoms with Crippen LogP contribution in [0.1, 0.15) is 38.5 Å². The molecule has 1 saturated heterocycles. The molecule has 0 unspecified atom stereocenters. The Morgan fingerprint density at radius 2 is 1.75 bits per heavy atom. The van der Waals surface area contributed by atoms with Gasteiger partial charge in [-0.2, -0.15) is 0 Å². The number of likely N-dealkylation sites (tertiary alicyclic amines) is 1. The lowest BCUT2D eigenvalue weighted by molar-refractivity contribution is -0.122. The van der Waals surface area contributed by atoms with Gasteiger partial charge in [0.1, 0.15) is 0 Å². The Morgan fingerprint density at radius 1 is 1.12 bits per heavy atom. The first-order chi connectivity index (χ1) is 7.81. The van der Waals surface area contributed by atoms with Gasteiger partial charge in [0.2, 0.25) is 5.91 Å². The molecule has 2 saturated carbocycles. The average molecular weight is 220 g/mol. The molecule has 0 atom stereocenters. The first-order valence-electron chi connectivity index (χ1n) is 6.53. The highest BCUT2D eigenvalue weighted by atomic mass is 16.2. The van der Waals surface area contributed by atoms with Crippen LogP contribution in [0.2, 0.25) is 0 Å². The maximum Gasteiger partial charge on any atom is 0.234 e. The first-order valence-corrected chi connectivity index (χ1v) is 6.53. The van der Waals surface area contributed by atoms with Crippen molar-refractivity contribution in [2.24, 2.45) is 0 Å². The number of nitrogens with one attached hydrogen (secondary N) is 1. The van der Waals surface area contributed by atoms with Crippen LogP contribution in [0.25, 0.3) is 0 Å². The number of nitrogens with zero attached hydrogens (tertiary/aromatic N) is 1. The van der Waals surface area contributed by atoms with Gasteiger partial charge < -0.3 is 5.32 Å². The van der Waals surface area contributed by atoms with Crippen molar-refractivity contribution in [3.05, 3.63) is 11.1 Å². The van der Waals surface area contributed by atoms with E-state index in [-0.39, 0.29) is 5.91 Å². The molecule has 1 amide bonds. The van der Waals surface area contributed by atoms with Crippen molar-refractivity contribution in [2.75, 3.05) is 19.6 Å². The van der Waals surface area contributed by atoms with E-state index in [9.17, 15) is 4.79 Å². The second-order valence-corrected chi connectivity index (χ2v) is 5.33. The van der Waals surface area contributed by atoms with Crippen LogP contribution in [0.15, 0.2) is 11.1 Å². The maximum atomic E-state index is 11.6. The second kappa shape index (κ2) is 4.21. The first kappa shape index (κ1) is 10.3. The smallest absolute Gasteiger partial charge is 0.234 e. The fourth-order valence-electron chi connectivity index (χ4n) is 2.45. The summed E-state index contributed by atoms with van der Waals surface area (Å²) in [5.41, 5.74) is 3.40. The zero-order valence-corrected chi connectivity index (χ0v) is 9.80. The molecule has 0 bridgehead atoms. The second-order valence-electron chi connectivity index (χ2n) is 5.33. The number of carbonyl (C=O) groups excluding carboxylic acids is 1. The van der Waals surface area contributed by atoms with E-state index < -0.39 is 0 Å². The average Bonchev–Trinajstić information content (AvgIpc) is 3.13. The number of amides is 1. The van der Waals surface area contributed by atoms with Gasteiger partial charge in [0.15, 0.2) is 0 Å². The van der Waals surface area contributed by atoms with Gasteiger partial charge in [0, 0.05) is 19.1 Å². The molecule has 1 aliphatic heterocycles. The third kappa shape index (κ3) is 2.64. The van der Waals surface area contributed by atoms with Gasteiger partial charge in [0.25, 0.3) is 0 Å². The number of carbonyl (C=O) groups is 1. The van der Waals surface area contributed by atoms with Crippen LogP contribution in [-0.4, -0.2) is 36.5 Å². The zero-order valence-electron chi connectivity index (χ0n) is 9.80. The fraction of sp³-hybridized carbons (Fsp3) is 0.769. The molecule has 0 radical (unpaired) electrons. The summed E-state index contributed by atoms with van der Waals surface area (Å²) in [6.07, 6.45) is 7.46. The number of rotatable bonds is 3. The van der Waals surface area contributed by atoms with Crippen molar-refractivity contribution in [3.8, 4) is 0 Å². The van der Waals surface area contributed by atoms with E-state index in [2.05, 4.69) is 10.2 Å². The molecule has 0 aromatic carbocycles. The Kier molecular flexibility index (Phi) is 2.72. The number of hydrogen-bond donors (Lipinski definition) is 1. The van der Waals surface area contributed by atoms with Gasteiger partial charge in [-0.15, -0.1) is 0 Å². The van der Waals surface area contributed by atoms with Gasteiger partial charge in [-0.05, 0) is 38.5 Å². The van der Waals surface area contributed by atoms with Gasteiger partial charge in [0.05, 0.1) is 6.54 Å². The third-order valence-corrected chi connectivity index (χ3v) is 3.77. The van der Waals surface area contributed by atoms with Gasteiger partial charge in [-0.25, -0.2) is 0 Å². The largest absolute Gasteiger partial charge is 0.352 e. The minimum Gasteiger partial charge on any atom is -0.352 e. The fourth-order valence-corrected chi connectivity index (χ4v) is 2.45. The molecular formula is C13H20N2O. The van der Waals surface area contributed by atoms with Crippen molar-refractivity contribution in [3.63, 3.8) is 0 Å². The number of piperidine rings is 1. The molecule has 88 valence electrons.